The highest BCUT2D eigenvalue weighted by Crippen LogP contribution is 2.25. The molecule has 0 aromatic rings. The topological polar surface area (TPSA) is 115 Å². The average molecular weight is 190 g/mol. The second-order valence-corrected chi connectivity index (χ2v) is 2.41. The Hall–Kier alpha value is -0.0700. The number of hydrogen-bond donors (Lipinski definition) is 5. The van der Waals surface area contributed by atoms with Gasteiger partial charge in [-0.2, -0.15) is 12.6 Å². The lowest BCUT2D eigenvalue weighted by Gasteiger charge is -1.82. The first-order valence-corrected chi connectivity index (χ1v) is 4.08. The molecule has 0 saturated heterocycles. The van der Waals surface area contributed by atoms with Crippen LogP contribution in [-0.4, -0.2) is 31.5 Å². The van der Waals surface area contributed by atoms with E-state index in [-0.39, 0.29) is 5.75 Å². The molecule has 0 radical (unpaired) electrons. The standard InChI is InChI=1S/C2H4O2S.H3O4P/c3-2(4)1-5;1-5(2,3)4/h5H,1H2,(H,3,4);(H3,1,2,3,4). The normalized spacial score (nSPS) is 9.60. The van der Waals surface area contributed by atoms with E-state index < -0.39 is 13.8 Å². The molecule has 0 aromatic carbocycles. The van der Waals surface area contributed by atoms with Crippen LogP contribution in [0, 0.1) is 0 Å². The van der Waals surface area contributed by atoms with Gasteiger partial charge < -0.3 is 19.8 Å². The Balaban J connectivity index is 0. The molecule has 0 aliphatic heterocycles. The number of rotatable bonds is 1. The molecule has 0 fully saturated rings. The molecule has 0 amide bonds. The van der Waals surface area contributed by atoms with Gasteiger partial charge in [0.2, 0.25) is 0 Å². The summed E-state index contributed by atoms with van der Waals surface area (Å²) in [6, 6.07) is 0. The molecule has 0 heterocycles. The van der Waals surface area contributed by atoms with Crippen LogP contribution in [0.25, 0.3) is 0 Å². The Morgan fingerprint density at radius 2 is 1.50 bits per heavy atom. The molecular formula is C2H7O6PS. The summed E-state index contributed by atoms with van der Waals surface area (Å²) in [5.74, 6) is -0.965. The fourth-order valence-electron chi connectivity index (χ4n) is 0. The van der Waals surface area contributed by atoms with Crippen molar-refractivity contribution in [3.8, 4) is 0 Å². The highest BCUT2D eigenvalue weighted by atomic mass is 32.1. The third kappa shape index (κ3) is 102. The summed E-state index contributed by atoms with van der Waals surface area (Å²) in [5.41, 5.74) is 0. The van der Waals surface area contributed by atoms with E-state index >= 15 is 0 Å². The number of phosphoric acid groups is 1. The zero-order chi connectivity index (χ0) is 8.78. The minimum atomic E-state index is -4.64. The van der Waals surface area contributed by atoms with Gasteiger partial charge >= 0.3 is 13.8 Å². The zero-order valence-corrected chi connectivity index (χ0v) is 6.50. The van der Waals surface area contributed by atoms with Crippen molar-refractivity contribution in [1.29, 1.82) is 0 Å². The summed E-state index contributed by atoms with van der Waals surface area (Å²) < 4.78 is 8.88. The quantitative estimate of drug-likeness (QED) is 0.269. The molecule has 0 aliphatic rings. The van der Waals surface area contributed by atoms with Crippen LogP contribution in [0.4, 0.5) is 0 Å². The van der Waals surface area contributed by atoms with Gasteiger partial charge in [0, 0.05) is 0 Å². The lowest BCUT2D eigenvalue weighted by Crippen LogP contribution is -1.92. The fraction of sp³-hybridized carbons (Fsp3) is 0.500. The summed E-state index contributed by atoms with van der Waals surface area (Å²) in [5, 5.41) is 7.65. The maximum absolute atomic E-state index is 9.29. The first-order chi connectivity index (χ1) is 4.27. The lowest BCUT2D eigenvalue weighted by molar-refractivity contribution is -0.133. The van der Waals surface area contributed by atoms with Gasteiger partial charge in [0.1, 0.15) is 0 Å². The fourth-order valence-corrected chi connectivity index (χ4v) is 0. The summed E-state index contributed by atoms with van der Waals surface area (Å²) in [7, 11) is -4.64. The summed E-state index contributed by atoms with van der Waals surface area (Å²) >= 11 is 3.42. The van der Waals surface area contributed by atoms with E-state index in [4.69, 9.17) is 24.4 Å². The molecule has 0 atom stereocenters. The van der Waals surface area contributed by atoms with Crippen LogP contribution < -0.4 is 0 Å². The highest BCUT2D eigenvalue weighted by molar-refractivity contribution is 7.81. The van der Waals surface area contributed by atoms with Crippen molar-refractivity contribution < 1.29 is 29.1 Å². The van der Waals surface area contributed by atoms with E-state index in [9.17, 15) is 4.79 Å². The minimum absolute atomic E-state index is 0.0833. The Bertz CT molecular complexity index is 130. The largest absolute Gasteiger partial charge is 0.481 e. The van der Waals surface area contributed by atoms with Crippen LogP contribution >= 0.6 is 20.5 Å². The van der Waals surface area contributed by atoms with E-state index in [1.54, 1.807) is 0 Å². The molecule has 0 spiro atoms. The zero-order valence-electron chi connectivity index (χ0n) is 4.71. The number of carboxylic acids is 1. The Morgan fingerprint density at radius 3 is 1.50 bits per heavy atom. The van der Waals surface area contributed by atoms with Crippen molar-refractivity contribution in [1.82, 2.24) is 0 Å². The minimum Gasteiger partial charge on any atom is -0.481 e. The predicted molar refractivity (Wildman–Crippen MR) is 35.8 cm³/mol. The summed E-state index contributed by atoms with van der Waals surface area (Å²) in [6.45, 7) is 0. The van der Waals surface area contributed by atoms with Crippen molar-refractivity contribution >= 4 is 26.4 Å². The molecule has 10 heavy (non-hydrogen) atoms. The molecule has 6 nitrogen and oxygen atoms in total. The number of thiol groups is 1. The first-order valence-electron chi connectivity index (χ1n) is 1.88. The second kappa shape index (κ2) is 5.70. The third-order valence-electron chi connectivity index (χ3n) is 0.135. The summed E-state index contributed by atoms with van der Waals surface area (Å²) in [4.78, 5) is 30.9. The maximum atomic E-state index is 9.29. The van der Waals surface area contributed by atoms with Gasteiger partial charge in [-0.05, 0) is 0 Å². The molecule has 0 aliphatic carbocycles. The molecule has 8 heteroatoms. The van der Waals surface area contributed by atoms with Crippen molar-refractivity contribution in [2.45, 2.75) is 0 Å². The van der Waals surface area contributed by atoms with Crippen molar-refractivity contribution in [3.05, 3.63) is 0 Å². The maximum Gasteiger partial charge on any atom is 0.466 e. The second-order valence-electron chi connectivity index (χ2n) is 1.07. The van der Waals surface area contributed by atoms with Crippen LogP contribution in [0.1, 0.15) is 0 Å². The highest BCUT2D eigenvalue weighted by Gasteiger charge is 2.00. The lowest BCUT2D eigenvalue weighted by atomic mass is 10.8. The molecule has 0 aromatic heterocycles. The SMILES string of the molecule is O=C(O)CS.O=P(O)(O)O. The van der Waals surface area contributed by atoms with E-state index in [2.05, 4.69) is 12.6 Å². The predicted octanol–water partition coefficient (Wildman–Crippen LogP) is -0.928. The van der Waals surface area contributed by atoms with Gasteiger partial charge in [-0.1, -0.05) is 0 Å². The van der Waals surface area contributed by atoms with Gasteiger partial charge in [-0.3, -0.25) is 4.79 Å². The van der Waals surface area contributed by atoms with Crippen molar-refractivity contribution in [2.24, 2.45) is 0 Å². The van der Waals surface area contributed by atoms with Crippen LogP contribution in [0.3, 0.4) is 0 Å². The summed E-state index contributed by atoms with van der Waals surface area (Å²) in [6.07, 6.45) is 0. The van der Waals surface area contributed by atoms with E-state index in [0.717, 1.165) is 0 Å². The number of carbonyl (C=O) groups is 1. The Morgan fingerprint density at radius 1 is 1.40 bits per heavy atom. The molecule has 0 rings (SSSR count). The van der Waals surface area contributed by atoms with Gasteiger partial charge in [-0.15, -0.1) is 0 Å². The van der Waals surface area contributed by atoms with Crippen molar-refractivity contribution in [3.63, 3.8) is 0 Å². The monoisotopic (exact) mass is 190 g/mol. The molecule has 0 bridgehead atoms. The number of hydrogen-bond acceptors (Lipinski definition) is 3. The smallest absolute Gasteiger partial charge is 0.466 e. The van der Waals surface area contributed by atoms with Gasteiger partial charge in [0.25, 0.3) is 0 Å². The average Bonchev–Trinajstić information content (AvgIpc) is 1.61. The molecule has 0 unspecified atom stereocenters. The van der Waals surface area contributed by atoms with Crippen LogP contribution in [0.5, 0.6) is 0 Å². The van der Waals surface area contributed by atoms with Crippen LogP contribution in [-0.2, 0) is 9.36 Å². The number of aliphatic carboxylic acids is 1. The van der Waals surface area contributed by atoms with Crippen LogP contribution in [0.15, 0.2) is 0 Å². The van der Waals surface area contributed by atoms with E-state index in [1.807, 2.05) is 0 Å². The third-order valence-corrected chi connectivity index (χ3v) is 0.406. The molecule has 4 N–H and O–H groups in total. The van der Waals surface area contributed by atoms with Crippen molar-refractivity contribution in [2.75, 3.05) is 5.75 Å². The van der Waals surface area contributed by atoms with Crippen LogP contribution in [0.2, 0.25) is 0 Å². The first kappa shape index (κ1) is 12.6. The number of carboxylic acid groups (broad SMARTS) is 1. The van der Waals surface area contributed by atoms with Gasteiger partial charge in [0.05, 0.1) is 5.75 Å². The van der Waals surface area contributed by atoms with Gasteiger partial charge in [0.15, 0.2) is 0 Å². The Kier molecular flexibility index (Phi) is 7.17. The molecule has 0 saturated carbocycles. The Labute approximate surface area is 62.2 Å². The molecular weight excluding hydrogens is 183 g/mol. The van der Waals surface area contributed by atoms with E-state index in [1.165, 1.54) is 0 Å². The molecule has 62 valence electrons. The van der Waals surface area contributed by atoms with E-state index in [0.29, 0.717) is 0 Å². The van der Waals surface area contributed by atoms with Gasteiger partial charge in [-0.25, -0.2) is 4.57 Å².